The molecule has 0 bridgehead atoms. The van der Waals surface area contributed by atoms with Crippen LogP contribution < -0.4 is 16.4 Å². The van der Waals surface area contributed by atoms with Crippen molar-refractivity contribution in [2.75, 3.05) is 19.6 Å². The Morgan fingerprint density at radius 1 is 1.05 bits per heavy atom. The number of carboxylic acids is 1. The van der Waals surface area contributed by atoms with Crippen molar-refractivity contribution < 1.29 is 19.5 Å². The van der Waals surface area contributed by atoms with Gasteiger partial charge in [0.25, 0.3) is 0 Å². The summed E-state index contributed by atoms with van der Waals surface area (Å²) in [5.74, 6) is -1.30. The van der Waals surface area contributed by atoms with Crippen LogP contribution >= 0.6 is 0 Å². The molecule has 0 saturated heterocycles. The SMILES string of the molecule is NCC1CCC(C(=O)NCC(=O)NCC(=O)O)CC1. The summed E-state index contributed by atoms with van der Waals surface area (Å²) >= 11 is 0. The van der Waals surface area contributed by atoms with Crippen molar-refractivity contribution in [2.24, 2.45) is 17.6 Å². The van der Waals surface area contributed by atoms with E-state index in [4.69, 9.17) is 10.8 Å². The van der Waals surface area contributed by atoms with Crippen LogP contribution in [0.2, 0.25) is 0 Å². The first-order valence-electron chi connectivity index (χ1n) is 6.49. The predicted molar refractivity (Wildman–Crippen MR) is 68.2 cm³/mol. The average Bonchev–Trinajstić information content (AvgIpc) is 2.42. The molecule has 7 nitrogen and oxygen atoms in total. The largest absolute Gasteiger partial charge is 0.480 e. The van der Waals surface area contributed by atoms with E-state index in [1.54, 1.807) is 0 Å². The number of carboxylic acid groups (broad SMARTS) is 1. The van der Waals surface area contributed by atoms with Crippen molar-refractivity contribution in [3.05, 3.63) is 0 Å². The first-order valence-corrected chi connectivity index (χ1v) is 6.49. The minimum absolute atomic E-state index is 0.0601. The smallest absolute Gasteiger partial charge is 0.322 e. The summed E-state index contributed by atoms with van der Waals surface area (Å²) in [6.07, 6.45) is 3.48. The van der Waals surface area contributed by atoms with Crippen LogP contribution in [0.3, 0.4) is 0 Å². The molecule has 0 unspecified atom stereocenters. The molecule has 0 radical (unpaired) electrons. The molecule has 0 spiro atoms. The molecule has 0 aliphatic heterocycles. The van der Waals surface area contributed by atoms with E-state index in [2.05, 4.69) is 10.6 Å². The number of nitrogens with one attached hydrogen (secondary N) is 2. The van der Waals surface area contributed by atoms with Crippen LogP contribution in [-0.2, 0) is 14.4 Å². The summed E-state index contributed by atoms with van der Waals surface area (Å²) in [4.78, 5) is 33.3. The molecule has 1 aliphatic carbocycles. The molecule has 0 aromatic carbocycles. The Hall–Kier alpha value is -1.63. The van der Waals surface area contributed by atoms with Gasteiger partial charge in [0, 0.05) is 5.92 Å². The molecule has 19 heavy (non-hydrogen) atoms. The molecule has 1 aliphatic rings. The summed E-state index contributed by atoms with van der Waals surface area (Å²) < 4.78 is 0. The number of rotatable bonds is 6. The van der Waals surface area contributed by atoms with Crippen LogP contribution in [0.25, 0.3) is 0 Å². The first-order chi connectivity index (χ1) is 9.02. The highest BCUT2D eigenvalue weighted by atomic mass is 16.4. The predicted octanol–water partition coefficient (Wildman–Crippen LogP) is -0.931. The van der Waals surface area contributed by atoms with E-state index in [0.29, 0.717) is 12.5 Å². The zero-order chi connectivity index (χ0) is 14.3. The third-order valence-corrected chi connectivity index (χ3v) is 3.41. The summed E-state index contributed by atoms with van der Waals surface area (Å²) in [6.45, 7) is 0.0468. The standard InChI is InChI=1S/C12H21N3O4/c13-5-8-1-3-9(4-2-8)12(19)15-6-10(16)14-7-11(17)18/h8-9H,1-7,13H2,(H,14,16)(H,15,19)(H,17,18). The van der Waals surface area contributed by atoms with Crippen LogP contribution in [0.1, 0.15) is 25.7 Å². The number of nitrogens with two attached hydrogens (primary N) is 1. The fourth-order valence-corrected chi connectivity index (χ4v) is 2.21. The lowest BCUT2D eigenvalue weighted by Gasteiger charge is -2.26. The zero-order valence-electron chi connectivity index (χ0n) is 10.9. The van der Waals surface area contributed by atoms with Gasteiger partial charge in [0.05, 0.1) is 6.54 Å². The third kappa shape index (κ3) is 5.69. The lowest BCUT2D eigenvalue weighted by Crippen LogP contribution is -2.41. The van der Waals surface area contributed by atoms with Gasteiger partial charge in [-0.05, 0) is 38.1 Å². The summed E-state index contributed by atoms with van der Waals surface area (Å²) in [5.41, 5.74) is 5.58. The summed E-state index contributed by atoms with van der Waals surface area (Å²) in [6, 6.07) is 0. The van der Waals surface area contributed by atoms with E-state index in [1.165, 1.54) is 0 Å². The van der Waals surface area contributed by atoms with Crippen LogP contribution in [0, 0.1) is 11.8 Å². The summed E-state index contributed by atoms with van der Waals surface area (Å²) in [7, 11) is 0. The molecule has 7 heteroatoms. The first kappa shape index (κ1) is 15.4. The second kappa shape index (κ2) is 7.73. The second-order valence-corrected chi connectivity index (χ2v) is 4.84. The Morgan fingerprint density at radius 2 is 1.68 bits per heavy atom. The van der Waals surface area contributed by atoms with E-state index in [0.717, 1.165) is 25.7 Å². The van der Waals surface area contributed by atoms with Crippen molar-refractivity contribution >= 4 is 17.8 Å². The Labute approximate surface area is 111 Å². The summed E-state index contributed by atoms with van der Waals surface area (Å²) in [5, 5.41) is 13.1. The van der Waals surface area contributed by atoms with Gasteiger partial charge < -0.3 is 21.5 Å². The van der Waals surface area contributed by atoms with Crippen molar-refractivity contribution in [1.29, 1.82) is 0 Å². The fraction of sp³-hybridized carbons (Fsp3) is 0.750. The minimum atomic E-state index is -1.11. The lowest BCUT2D eigenvalue weighted by molar-refractivity contribution is -0.137. The Kier molecular flexibility index (Phi) is 6.27. The molecule has 1 fully saturated rings. The van der Waals surface area contributed by atoms with E-state index in [9.17, 15) is 14.4 Å². The Bertz CT molecular complexity index is 338. The highest BCUT2D eigenvalue weighted by Gasteiger charge is 2.25. The van der Waals surface area contributed by atoms with Gasteiger partial charge in [-0.25, -0.2) is 0 Å². The highest BCUT2D eigenvalue weighted by Crippen LogP contribution is 2.27. The van der Waals surface area contributed by atoms with Gasteiger partial charge in [0.1, 0.15) is 6.54 Å². The van der Waals surface area contributed by atoms with Gasteiger partial charge >= 0.3 is 5.97 Å². The normalized spacial score (nSPS) is 22.6. The number of carbonyl (C=O) groups excluding carboxylic acids is 2. The van der Waals surface area contributed by atoms with E-state index in [-0.39, 0.29) is 18.4 Å². The molecule has 1 rings (SSSR count). The number of aliphatic carboxylic acids is 1. The van der Waals surface area contributed by atoms with E-state index >= 15 is 0 Å². The average molecular weight is 271 g/mol. The molecule has 5 N–H and O–H groups in total. The molecule has 2 amide bonds. The maximum absolute atomic E-state index is 11.8. The fourth-order valence-electron chi connectivity index (χ4n) is 2.21. The van der Waals surface area contributed by atoms with Crippen LogP contribution in [-0.4, -0.2) is 42.5 Å². The van der Waals surface area contributed by atoms with Gasteiger partial charge in [-0.15, -0.1) is 0 Å². The number of amides is 2. The zero-order valence-corrected chi connectivity index (χ0v) is 10.9. The quantitative estimate of drug-likeness (QED) is 0.497. The molecular weight excluding hydrogens is 250 g/mol. The van der Waals surface area contributed by atoms with E-state index < -0.39 is 18.4 Å². The van der Waals surface area contributed by atoms with Gasteiger partial charge in [-0.1, -0.05) is 0 Å². The molecule has 0 aromatic rings. The van der Waals surface area contributed by atoms with Gasteiger partial charge in [-0.2, -0.15) is 0 Å². The van der Waals surface area contributed by atoms with E-state index in [1.807, 2.05) is 0 Å². The van der Waals surface area contributed by atoms with Crippen molar-refractivity contribution in [3.8, 4) is 0 Å². The molecule has 108 valence electrons. The number of hydrogen-bond acceptors (Lipinski definition) is 4. The molecule has 0 atom stereocenters. The Balaban J connectivity index is 2.21. The highest BCUT2D eigenvalue weighted by molar-refractivity contribution is 5.87. The third-order valence-electron chi connectivity index (χ3n) is 3.41. The molecule has 1 saturated carbocycles. The van der Waals surface area contributed by atoms with Crippen LogP contribution in [0.4, 0.5) is 0 Å². The minimum Gasteiger partial charge on any atom is -0.480 e. The van der Waals surface area contributed by atoms with Gasteiger partial charge in [-0.3, -0.25) is 14.4 Å². The molecular formula is C12H21N3O4. The maximum atomic E-state index is 11.8. The van der Waals surface area contributed by atoms with Crippen LogP contribution in [0.15, 0.2) is 0 Å². The van der Waals surface area contributed by atoms with Gasteiger partial charge in [0.15, 0.2) is 0 Å². The van der Waals surface area contributed by atoms with Crippen molar-refractivity contribution in [3.63, 3.8) is 0 Å². The van der Waals surface area contributed by atoms with Gasteiger partial charge in [0.2, 0.25) is 11.8 Å². The lowest BCUT2D eigenvalue weighted by atomic mass is 9.81. The molecule has 0 heterocycles. The second-order valence-electron chi connectivity index (χ2n) is 4.84. The molecule has 0 aromatic heterocycles. The number of carbonyl (C=O) groups is 3. The Morgan fingerprint density at radius 3 is 2.21 bits per heavy atom. The topological polar surface area (TPSA) is 122 Å². The van der Waals surface area contributed by atoms with Crippen molar-refractivity contribution in [2.45, 2.75) is 25.7 Å². The van der Waals surface area contributed by atoms with Crippen LogP contribution in [0.5, 0.6) is 0 Å². The monoisotopic (exact) mass is 271 g/mol. The number of hydrogen-bond donors (Lipinski definition) is 4. The van der Waals surface area contributed by atoms with Crippen molar-refractivity contribution in [1.82, 2.24) is 10.6 Å². The maximum Gasteiger partial charge on any atom is 0.322 e.